The standard InChI is InChI=1S/C11H13NO2S/c1-8(13)12-11-5-3-2-4-9(11)6-10(14)7-15/h2-5,15H,6-7H2,1H3,(H,12,13). The Kier molecular flexibility index (Phi) is 4.37. The number of nitrogens with one attached hydrogen (secondary N) is 1. The Hall–Kier alpha value is -1.29. The van der Waals surface area contributed by atoms with E-state index in [-0.39, 0.29) is 17.4 Å². The van der Waals surface area contributed by atoms with Crippen molar-refractivity contribution in [3.63, 3.8) is 0 Å². The van der Waals surface area contributed by atoms with Gasteiger partial charge in [-0.1, -0.05) is 18.2 Å². The smallest absolute Gasteiger partial charge is 0.221 e. The topological polar surface area (TPSA) is 46.2 Å². The molecule has 80 valence electrons. The third kappa shape index (κ3) is 3.75. The van der Waals surface area contributed by atoms with Crippen molar-refractivity contribution < 1.29 is 9.59 Å². The highest BCUT2D eigenvalue weighted by Crippen LogP contribution is 2.15. The van der Waals surface area contributed by atoms with Crippen LogP contribution in [0.1, 0.15) is 12.5 Å². The lowest BCUT2D eigenvalue weighted by molar-refractivity contribution is -0.116. The van der Waals surface area contributed by atoms with Crippen LogP contribution in [0.4, 0.5) is 5.69 Å². The van der Waals surface area contributed by atoms with E-state index in [4.69, 9.17) is 0 Å². The van der Waals surface area contributed by atoms with Gasteiger partial charge in [-0.3, -0.25) is 9.59 Å². The van der Waals surface area contributed by atoms with Crippen molar-refractivity contribution in [2.45, 2.75) is 13.3 Å². The van der Waals surface area contributed by atoms with Crippen molar-refractivity contribution in [2.75, 3.05) is 11.1 Å². The summed E-state index contributed by atoms with van der Waals surface area (Å²) in [5.41, 5.74) is 1.52. The molecule has 0 fully saturated rings. The summed E-state index contributed by atoms with van der Waals surface area (Å²) in [6.45, 7) is 1.44. The Balaban J connectivity index is 2.85. The molecule has 0 heterocycles. The molecule has 0 atom stereocenters. The van der Waals surface area contributed by atoms with Crippen LogP contribution in [-0.2, 0) is 16.0 Å². The van der Waals surface area contributed by atoms with Gasteiger partial charge in [0.2, 0.25) is 5.91 Å². The molecule has 0 aliphatic heterocycles. The van der Waals surface area contributed by atoms with Crippen LogP contribution in [0, 0.1) is 0 Å². The Morgan fingerprint density at radius 1 is 1.33 bits per heavy atom. The number of hydrogen-bond acceptors (Lipinski definition) is 3. The van der Waals surface area contributed by atoms with Gasteiger partial charge in [0, 0.05) is 24.8 Å². The second-order valence-electron chi connectivity index (χ2n) is 3.21. The lowest BCUT2D eigenvalue weighted by atomic mass is 10.1. The Labute approximate surface area is 94.3 Å². The maximum Gasteiger partial charge on any atom is 0.221 e. The number of Topliss-reactive ketones (excluding diaryl/α,β-unsaturated/α-hetero) is 1. The molecule has 0 radical (unpaired) electrons. The van der Waals surface area contributed by atoms with Crippen LogP contribution in [0.2, 0.25) is 0 Å². The van der Waals surface area contributed by atoms with Crippen molar-refractivity contribution >= 4 is 30.0 Å². The van der Waals surface area contributed by atoms with E-state index in [1.54, 1.807) is 6.07 Å². The summed E-state index contributed by atoms with van der Waals surface area (Å²) in [6, 6.07) is 7.27. The first-order chi connectivity index (χ1) is 7.13. The number of carbonyl (C=O) groups excluding carboxylic acids is 2. The van der Waals surface area contributed by atoms with E-state index in [0.717, 1.165) is 5.56 Å². The molecule has 1 rings (SSSR count). The molecule has 1 aromatic carbocycles. The molecule has 0 unspecified atom stereocenters. The molecule has 15 heavy (non-hydrogen) atoms. The molecule has 0 aliphatic carbocycles. The van der Waals surface area contributed by atoms with Crippen LogP contribution in [-0.4, -0.2) is 17.4 Å². The van der Waals surface area contributed by atoms with Crippen LogP contribution in [0.3, 0.4) is 0 Å². The fourth-order valence-electron chi connectivity index (χ4n) is 1.25. The molecule has 3 nitrogen and oxygen atoms in total. The summed E-state index contributed by atoms with van der Waals surface area (Å²) in [5, 5.41) is 2.69. The zero-order valence-electron chi connectivity index (χ0n) is 8.49. The van der Waals surface area contributed by atoms with Gasteiger partial charge in [-0.15, -0.1) is 0 Å². The van der Waals surface area contributed by atoms with E-state index >= 15 is 0 Å². The highest BCUT2D eigenvalue weighted by Gasteiger charge is 2.06. The minimum Gasteiger partial charge on any atom is -0.326 e. The minimum atomic E-state index is -0.138. The number of para-hydroxylation sites is 1. The Morgan fingerprint density at radius 2 is 2.00 bits per heavy atom. The SMILES string of the molecule is CC(=O)Nc1ccccc1CC(=O)CS. The number of ketones is 1. The first kappa shape index (κ1) is 11.8. The Bertz CT molecular complexity index is 377. The Morgan fingerprint density at radius 3 is 2.60 bits per heavy atom. The lowest BCUT2D eigenvalue weighted by Gasteiger charge is -2.08. The van der Waals surface area contributed by atoms with E-state index in [1.807, 2.05) is 18.2 Å². The largest absolute Gasteiger partial charge is 0.326 e. The number of hydrogen-bond donors (Lipinski definition) is 2. The van der Waals surface area contributed by atoms with E-state index in [1.165, 1.54) is 6.92 Å². The van der Waals surface area contributed by atoms with Crippen LogP contribution < -0.4 is 5.32 Å². The van der Waals surface area contributed by atoms with Gasteiger partial charge in [0.15, 0.2) is 0 Å². The van der Waals surface area contributed by atoms with Gasteiger partial charge in [0.05, 0.1) is 0 Å². The first-order valence-corrected chi connectivity index (χ1v) is 5.24. The van der Waals surface area contributed by atoms with Gasteiger partial charge in [0.25, 0.3) is 0 Å². The highest BCUT2D eigenvalue weighted by molar-refractivity contribution is 7.81. The minimum absolute atomic E-state index is 0.0381. The van der Waals surface area contributed by atoms with E-state index in [2.05, 4.69) is 17.9 Å². The molecular formula is C11H13NO2S. The lowest BCUT2D eigenvalue weighted by Crippen LogP contribution is -2.11. The van der Waals surface area contributed by atoms with Gasteiger partial charge in [-0.25, -0.2) is 0 Å². The number of thiol groups is 1. The predicted molar refractivity (Wildman–Crippen MR) is 63.3 cm³/mol. The molecule has 0 saturated heterocycles. The molecule has 0 saturated carbocycles. The number of benzene rings is 1. The first-order valence-electron chi connectivity index (χ1n) is 4.61. The van der Waals surface area contributed by atoms with Gasteiger partial charge >= 0.3 is 0 Å². The summed E-state index contributed by atoms with van der Waals surface area (Å²) in [7, 11) is 0. The van der Waals surface area contributed by atoms with Crippen LogP contribution in [0.15, 0.2) is 24.3 Å². The maximum atomic E-state index is 11.2. The molecule has 1 N–H and O–H groups in total. The van der Waals surface area contributed by atoms with Gasteiger partial charge < -0.3 is 5.32 Å². The molecular weight excluding hydrogens is 210 g/mol. The second-order valence-corrected chi connectivity index (χ2v) is 3.53. The van der Waals surface area contributed by atoms with E-state index in [0.29, 0.717) is 12.1 Å². The van der Waals surface area contributed by atoms with E-state index < -0.39 is 0 Å². The summed E-state index contributed by atoms with van der Waals surface area (Å²) in [6.07, 6.45) is 0.306. The predicted octanol–water partition coefficient (Wildman–Crippen LogP) is 1.69. The van der Waals surface area contributed by atoms with Gasteiger partial charge in [-0.05, 0) is 11.6 Å². The third-order valence-corrected chi connectivity index (χ3v) is 2.24. The quantitative estimate of drug-likeness (QED) is 0.763. The summed E-state index contributed by atoms with van der Waals surface area (Å²) >= 11 is 3.91. The molecule has 1 amide bonds. The average Bonchev–Trinajstić information content (AvgIpc) is 2.20. The van der Waals surface area contributed by atoms with Crippen molar-refractivity contribution in [1.29, 1.82) is 0 Å². The van der Waals surface area contributed by atoms with Crippen molar-refractivity contribution in [3.8, 4) is 0 Å². The zero-order valence-corrected chi connectivity index (χ0v) is 9.38. The van der Waals surface area contributed by atoms with Gasteiger partial charge in [0.1, 0.15) is 5.78 Å². The molecule has 0 bridgehead atoms. The van der Waals surface area contributed by atoms with Crippen molar-refractivity contribution in [2.24, 2.45) is 0 Å². The molecule has 0 spiro atoms. The molecule has 0 aromatic heterocycles. The number of rotatable bonds is 4. The second kappa shape index (κ2) is 5.56. The van der Waals surface area contributed by atoms with Crippen molar-refractivity contribution in [3.05, 3.63) is 29.8 Å². The normalized spacial score (nSPS) is 9.73. The third-order valence-electron chi connectivity index (χ3n) is 1.89. The molecule has 4 heteroatoms. The van der Waals surface area contributed by atoms with E-state index in [9.17, 15) is 9.59 Å². The number of amides is 1. The molecule has 0 aliphatic rings. The number of carbonyl (C=O) groups is 2. The summed E-state index contributed by atoms with van der Waals surface area (Å²) in [4.78, 5) is 22.1. The monoisotopic (exact) mass is 223 g/mol. The van der Waals surface area contributed by atoms with Crippen LogP contribution in [0.5, 0.6) is 0 Å². The summed E-state index contributed by atoms with van der Waals surface area (Å²) in [5.74, 6) is 0.117. The van der Waals surface area contributed by atoms with Gasteiger partial charge in [-0.2, -0.15) is 12.6 Å². The van der Waals surface area contributed by atoms with Crippen LogP contribution >= 0.6 is 12.6 Å². The number of anilines is 1. The highest BCUT2D eigenvalue weighted by atomic mass is 32.1. The fourth-order valence-corrected chi connectivity index (χ4v) is 1.37. The molecule has 1 aromatic rings. The fraction of sp³-hybridized carbons (Fsp3) is 0.273. The average molecular weight is 223 g/mol. The maximum absolute atomic E-state index is 11.2. The van der Waals surface area contributed by atoms with Crippen molar-refractivity contribution in [1.82, 2.24) is 0 Å². The zero-order chi connectivity index (χ0) is 11.3. The van der Waals surface area contributed by atoms with Crippen LogP contribution in [0.25, 0.3) is 0 Å². The summed E-state index contributed by atoms with van der Waals surface area (Å²) < 4.78 is 0.